The highest BCUT2D eigenvalue weighted by molar-refractivity contribution is 8.18. The average molecular weight is 539 g/mol. The second-order valence-electron chi connectivity index (χ2n) is 9.12. The summed E-state index contributed by atoms with van der Waals surface area (Å²) in [6.45, 7) is 2.50. The summed E-state index contributed by atoms with van der Waals surface area (Å²) in [7, 11) is 3.41. The van der Waals surface area contributed by atoms with Crippen LogP contribution in [0.1, 0.15) is 36.5 Å². The number of alkyl halides is 6. The van der Waals surface area contributed by atoms with Gasteiger partial charge in [-0.1, -0.05) is 12.1 Å². The lowest BCUT2D eigenvalue weighted by Crippen LogP contribution is -2.37. The number of aliphatic hydroxyl groups is 1. The molecule has 2 atom stereocenters. The third kappa shape index (κ3) is 7.24. The standard InChI is InChI=1S/C23H28F6N4O2S/c1-13(20(34)32(2)3)30-19-18(36-21(35)31-19)10-14-6-8-33(9-7-14)12-15-4-5-16(22(24,25)26)11-17(15)23(27,28)29/h4-5,10-11,13-14,20,34H,6-9,12H2,1-3H3,(H,30,31,35)/b18-10-. The molecule has 2 N–H and O–H groups in total. The molecule has 0 spiro atoms. The van der Waals surface area contributed by atoms with E-state index in [0.717, 1.165) is 17.8 Å². The van der Waals surface area contributed by atoms with Crippen LogP contribution in [0.3, 0.4) is 0 Å². The third-order valence-corrected chi connectivity index (χ3v) is 6.94. The molecule has 2 fully saturated rings. The van der Waals surface area contributed by atoms with Gasteiger partial charge in [-0.25, -0.2) is 0 Å². The number of carbonyl (C=O) groups is 1. The van der Waals surface area contributed by atoms with Crippen LogP contribution in [0.5, 0.6) is 0 Å². The molecule has 0 saturated carbocycles. The molecule has 0 bridgehead atoms. The topological polar surface area (TPSA) is 68.2 Å². The van der Waals surface area contributed by atoms with Crippen molar-refractivity contribution in [1.82, 2.24) is 15.1 Å². The fourth-order valence-electron chi connectivity index (χ4n) is 4.13. The van der Waals surface area contributed by atoms with Crippen LogP contribution in [0, 0.1) is 5.92 Å². The number of carbonyl (C=O) groups excluding carboxylic acids is 1. The number of likely N-dealkylation sites (tertiary alicyclic amines) is 1. The molecule has 36 heavy (non-hydrogen) atoms. The number of rotatable bonds is 6. The Kier molecular flexibility index (Phi) is 8.79. The van der Waals surface area contributed by atoms with Gasteiger partial charge in [-0.2, -0.15) is 26.3 Å². The molecule has 2 unspecified atom stereocenters. The van der Waals surface area contributed by atoms with Gasteiger partial charge in [-0.3, -0.25) is 19.6 Å². The Morgan fingerprint density at radius 2 is 1.83 bits per heavy atom. The maximum Gasteiger partial charge on any atom is 0.416 e. The van der Waals surface area contributed by atoms with Crippen molar-refractivity contribution in [2.24, 2.45) is 10.9 Å². The van der Waals surface area contributed by atoms with E-state index in [4.69, 9.17) is 0 Å². The highest BCUT2D eigenvalue weighted by Gasteiger charge is 2.38. The lowest BCUT2D eigenvalue weighted by molar-refractivity contribution is -0.143. The van der Waals surface area contributed by atoms with Gasteiger partial charge in [0.05, 0.1) is 22.1 Å². The van der Waals surface area contributed by atoms with Crippen LogP contribution in [0.2, 0.25) is 0 Å². The Morgan fingerprint density at radius 3 is 2.39 bits per heavy atom. The van der Waals surface area contributed by atoms with Crippen molar-refractivity contribution < 1.29 is 36.2 Å². The molecule has 6 nitrogen and oxygen atoms in total. The van der Waals surface area contributed by atoms with E-state index >= 15 is 0 Å². The number of thioether (sulfide) groups is 1. The lowest BCUT2D eigenvalue weighted by Gasteiger charge is -2.31. The van der Waals surface area contributed by atoms with Crippen molar-refractivity contribution in [3.8, 4) is 0 Å². The molecule has 0 radical (unpaired) electrons. The molecular weight excluding hydrogens is 510 g/mol. The van der Waals surface area contributed by atoms with E-state index in [1.54, 1.807) is 30.8 Å². The van der Waals surface area contributed by atoms with E-state index in [9.17, 15) is 36.2 Å². The molecule has 0 aliphatic carbocycles. The Bertz CT molecular complexity index is 1020. The molecule has 2 saturated heterocycles. The highest BCUT2D eigenvalue weighted by Crippen LogP contribution is 2.38. The summed E-state index contributed by atoms with van der Waals surface area (Å²) in [6, 6.07) is 1.25. The number of aliphatic hydroxyl groups excluding tert-OH is 1. The number of benzene rings is 1. The van der Waals surface area contributed by atoms with Gasteiger partial charge in [0, 0.05) is 6.54 Å². The van der Waals surface area contributed by atoms with Crippen LogP contribution in [-0.4, -0.2) is 65.4 Å². The van der Waals surface area contributed by atoms with Crippen LogP contribution in [0.4, 0.5) is 31.1 Å². The summed E-state index contributed by atoms with van der Waals surface area (Å²) in [5.74, 6) is 0.422. The Balaban J connectivity index is 1.68. The van der Waals surface area contributed by atoms with E-state index in [0.29, 0.717) is 42.7 Å². The molecule has 1 aromatic carbocycles. The van der Waals surface area contributed by atoms with Crippen LogP contribution in [0.25, 0.3) is 0 Å². The van der Waals surface area contributed by atoms with Gasteiger partial charge >= 0.3 is 12.4 Å². The minimum Gasteiger partial charge on any atom is -0.376 e. The lowest BCUT2D eigenvalue weighted by atomic mass is 9.95. The summed E-state index contributed by atoms with van der Waals surface area (Å²) < 4.78 is 79.1. The first-order valence-electron chi connectivity index (χ1n) is 11.3. The number of aliphatic imine (C=N–C) groups is 1. The van der Waals surface area contributed by atoms with Gasteiger partial charge in [0.15, 0.2) is 0 Å². The van der Waals surface area contributed by atoms with E-state index in [1.807, 2.05) is 6.08 Å². The molecule has 2 aliphatic rings. The minimum atomic E-state index is -4.90. The number of halogens is 6. The van der Waals surface area contributed by atoms with Crippen molar-refractivity contribution in [1.29, 1.82) is 0 Å². The van der Waals surface area contributed by atoms with Gasteiger partial charge < -0.3 is 10.4 Å². The summed E-state index contributed by atoms with van der Waals surface area (Å²) in [6.07, 6.45) is -7.48. The Labute approximate surface area is 209 Å². The summed E-state index contributed by atoms with van der Waals surface area (Å²) in [4.78, 5) is 20.4. The molecular formula is C23H28F6N4O2S. The molecule has 2 heterocycles. The fourth-order valence-corrected chi connectivity index (χ4v) is 4.94. The maximum absolute atomic E-state index is 13.5. The molecule has 2 aliphatic heterocycles. The molecule has 200 valence electrons. The van der Waals surface area contributed by atoms with E-state index < -0.39 is 35.7 Å². The number of amidine groups is 1. The van der Waals surface area contributed by atoms with Gasteiger partial charge in [-0.15, -0.1) is 0 Å². The smallest absolute Gasteiger partial charge is 0.376 e. The van der Waals surface area contributed by atoms with Gasteiger partial charge in [-0.05, 0) is 82.3 Å². The summed E-state index contributed by atoms with van der Waals surface area (Å²) in [5.41, 5.74) is -2.80. The number of allylic oxidation sites excluding steroid dienone is 1. The number of likely N-dealkylation sites (N-methyl/N-ethyl adjacent to an activating group) is 1. The van der Waals surface area contributed by atoms with E-state index in [2.05, 4.69) is 10.3 Å². The second kappa shape index (κ2) is 11.1. The van der Waals surface area contributed by atoms with Gasteiger partial charge in [0.25, 0.3) is 5.24 Å². The second-order valence-corrected chi connectivity index (χ2v) is 10.1. The summed E-state index contributed by atoms with van der Waals surface area (Å²) in [5, 5.41) is 12.5. The molecule has 1 amide bonds. The number of nitrogens with zero attached hydrogens (tertiary/aromatic N) is 3. The van der Waals surface area contributed by atoms with Crippen LogP contribution in [-0.2, 0) is 18.9 Å². The zero-order valence-corrected chi connectivity index (χ0v) is 20.8. The first-order valence-corrected chi connectivity index (χ1v) is 12.1. The highest BCUT2D eigenvalue weighted by atomic mass is 32.2. The van der Waals surface area contributed by atoms with Crippen molar-refractivity contribution in [3.63, 3.8) is 0 Å². The van der Waals surface area contributed by atoms with Crippen LogP contribution in [0.15, 0.2) is 34.2 Å². The molecule has 13 heteroatoms. The largest absolute Gasteiger partial charge is 0.416 e. The van der Waals surface area contributed by atoms with Crippen molar-refractivity contribution in [3.05, 3.63) is 45.9 Å². The first kappa shape index (κ1) is 28.5. The zero-order valence-electron chi connectivity index (χ0n) is 20.0. The normalized spacial score (nSPS) is 22.5. The predicted octanol–water partition coefficient (Wildman–Crippen LogP) is 4.94. The SMILES string of the molecule is CC(N=C1NC(=O)S/C1=C\C1CCN(Cc2ccc(C(F)(F)F)cc2C(F)(F)F)CC1)C(O)N(C)C. The molecule has 0 aromatic heterocycles. The number of hydrogen-bond acceptors (Lipinski definition) is 6. The van der Waals surface area contributed by atoms with Crippen LogP contribution >= 0.6 is 11.8 Å². The van der Waals surface area contributed by atoms with Crippen LogP contribution < -0.4 is 5.32 Å². The number of nitrogens with one attached hydrogen (secondary N) is 1. The van der Waals surface area contributed by atoms with Crippen molar-refractivity contribution in [2.75, 3.05) is 27.2 Å². The van der Waals surface area contributed by atoms with Gasteiger partial charge in [0.1, 0.15) is 12.1 Å². The third-order valence-electron chi connectivity index (χ3n) is 6.11. The quantitative estimate of drug-likeness (QED) is 0.397. The Morgan fingerprint density at radius 1 is 1.19 bits per heavy atom. The monoisotopic (exact) mass is 538 g/mol. The average Bonchev–Trinajstić information content (AvgIpc) is 3.11. The first-order chi connectivity index (χ1) is 16.6. The minimum absolute atomic E-state index is 0.0467. The number of amides is 1. The summed E-state index contributed by atoms with van der Waals surface area (Å²) >= 11 is 0.995. The van der Waals surface area contributed by atoms with Gasteiger partial charge in [0.2, 0.25) is 0 Å². The van der Waals surface area contributed by atoms with Crippen molar-refractivity contribution in [2.45, 2.75) is 50.9 Å². The zero-order chi connectivity index (χ0) is 26.8. The predicted molar refractivity (Wildman–Crippen MR) is 125 cm³/mol. The number of piperidine rings is 1. The number of hydrogen-bond donors (Lipinski definition) is 2. The maximum atomic E-state index is 13.5. The molecule has 3 rings (SSSR count). The van der Waals surface area contributed by atoms with E-state index in [-0.39, 0.29) is 29.3 Å². The van der Waals surface area contributed by atoms with E-state index in [1.165, 1.54) is 0 Å². The molecule has 1 aromatic rings. The fraction of sp³-hybridized carbons (Fsp3) is 0.565. The van der Waals surface area contributed by atoms with Crippen molar-refractivity contribution >= 4 is 22.8 Å². The Hall–Kier alpha value is -2.09.